The van der Waals surface area contributed by atoms with E-state index in [1.54, 1.807) is 4.90 Å². The molecule has 2 fully saturated rings. The van der Waals surface area contributed by atoms with Crippen molar-refractivity contribution in [2.45, 2.75) is 63.1 Å². The second-order valence-corrected chi connectivity index (χ2v) is 10.7. The average Bonchev–Trinajstić information content (AvgIpc) is 3.28. The van der Waals surface area contributed by atoms with Crippen LogP contribution < -0.4 is 4.72 Å². The summed E-state index contributed by atoms with van der Waals surface area (Å²) < 4.78 is 32.7. The summed E-state index contributed by atoms with van der Waals surface area (Å²) in [5.74, 6) is 0. The highest BCUT2D eigenvalue weighted by Gasteiger charge is 2.37. The lowest BCUT2D eigenvalue weighted by Crippen LogP contribution is -2.58. The minimum atomic E-state index is -3.40. The average molecular weight is 457 g/mol. The van der Waals surface area contributed by atoms with E-state index in [-0.39, 0.29) is 24.3 Å². The summed E-state index contributed by atoms with van der Waals surface area (Å²) in [5, 5.41) is 0. The maximum absolute atomic E-state index is 13.1. The summed E-state index contributed by atoms with van der Waals surface area (Å²) >= 11 is 0. The first kappa shape index (κ1) is 22.8. The van der Waals surface area contributed by atoms with Crippen LogP contribution in [0.1, 0.15) is 44.1 Å². The molecule has 1 N–H and O–H groups in total. The third kappa shape index (κ3) is 5.90. The van der Waals surface area contributed by atoms with Crippen molar-refractivity contribution in [3.63, 3.8) is 0 Å². The Kier molecular flexibility index (Phi) is 7.16. The zero-order valence-corrected chi connectivity index (χ0v) is 19.4. The molecule has 32 heavy (non-hydrogen) atoms. The Hall–Kier alpha value is -2.38. The van der Waals surface area contributed by atoms with E-state index in [2.05, 4.69) is 29.0 Å². The molecule has 6 nitrogen and oxygen atoms in total. The van der Waals surface area contributed by atoms with Crippen LogP contribution in [-0.2, 0) is 21.2 Å². The summed E-state index contributed by atoms with van der Waals surface area (Å²) in [6, 6.07) is 17.8. The number of hydrogen-bond donors (Lipinski definition) is 1. The highest BCUT2D eigenvalue weighted by atomic mass is 32.2. The van der Waals surface area contributed by atoms with Gasteiger partial charge in [0, 0.05) is 12.6 Å². The predicted octanol–water partition coefficient (Wildman–Crippen LogP) is 4.36. The van der Waals surface area contributed by atoms with E-state index in [4.69, 9.17) is 4.74 Å². The number of ether oxygens (including phenoxy) is 1. The van der Waals surface area contributed by atoms with Gasteiger partial charge < -0.3 is 9.64 Å². The fourth-order valence-corrected chi connectivity index (χ4v) is 5.74. The van der Waals surface area contributed by atoms with Crippen LogP contribution in [0.25, 0.3) is 11.1 Å². The van der Waals surface area contributed by atoms with E-state index in [0.717, 1.165) is 48.8 Å². The molecule has 0 spiro atoms. The van der Waals surface area contributed by atoms with E-state index in [1.807, 2.05) is 30.3 Å². The summed E-state index contributed by atoms with van der Waals surface area (Å²) in [6.07, 6.45) is 6.84. The Morgan fingerprint density at radius 2 is 1.72 bits per heavy atom. The van der Waals surface area contributed by atoms with Gasteiger partial charge in [-0.15, -0.1) is 0 Å². The number of rotatable bonds is 6. The van der Waals surface area contributed by atoms with Gasteiger partial charge in [-0.05, 0) is 61.6 Å². The summed E-state index contributed by atoms with van der Waals surface area (Å²) in [7, 11) is -3.40. The summed E-state index contributed by atoms with van der Waals surface area (Å²) in [4.78, 5) is 14.8. The minimum absolute atomic E-state index is 0.0206. The van der Waals surface area contributed by atoms with Gasteiger partial charge in [0.2, 0.25) is 10.0 Å². The van der Waals surface area contributed by atoms with Crippen molar-refractivity contribution in [2.24, 2.45) is 0 Å². The first-order valence-electron chi connectivity index (χ1n) is 11.5. The van der Waals surface area contributed by atoms with Crippen LogP contribution in [0.15, 0.2) is 54.6 Å². The van der Waals surface area contributed by atoms with E-state index in [0.29, 0.717) is 19.4 Å². The van der Waals surface area contributed by atoms with Crippen molar-refractivity contribution in [1.82, 2.24) is 9.62 Å². The fourth-order valence-electron chi connectivity index (χ4n) is 4.91. The van der Waals surface area contributed by atoms with Crippen molar-refractivity contribution in [1.29, 1.82) is 0 Å². The number of nitrogens with one attached hydrogen (secondary N) is 1. The molecule has 1 aliphatic carbocycles. The first-order valence-corrected chi connectivity index (χ1v) is 13.4. The van der Waals surface area contributed by atoms with Gasteiger partial charge in [-0.1, -0.05) is 54.6 Å². The highest BCUT2D eigenvalue weighted by molar-refractivity contribution is 7.88. The molecule has 0 radical (unpaired) electrons. The van der Waals surface area contributed by atoms with E-state index < -0.39 is 10.0 Å². The standard InChI is InChI=1S/C25H32N2O4S/c1-32(29,30)26-23-15-8-16-27(25(28)31-22-13-5-6-14-22)24(23)18-19-9-7-12-21(17-19)20-10-3-2-4-11-20/h2-4,7,9-12,17,22-24,26H,5-6,8,13-16,18H2,1H3/t23-,24-/m0/s1. The van der Waals surface area contributed by atoms with Crippen LogP contribution in [-0.4, -0.2) is 50.4 Å². The lowest BCUT2D eigenvalue weighted by molar-refractivity contribution is 0.0378. The van der Waals surface area contributed by atoms with Gasteiger partial charge in [0.05, 0.1) is 12.3 Å². The molecule has 1 aliphatic heterocycles. The number of nitrogens with zero attached hydrogens (tertiary/aromatic N) is 1. The first-order chi connectivity index (χ1) is 15.4. The van der Waals surface area contributed by atoms with Crippen LogP contribution in [0.2, 0.25) is 0 Å². The molecule has 7 heteroatoms. The Labute approximate surface area is 191 Å². The number of benzene rings is 2. The lowest BCUT2D eigenvalue weighted by Gasteiger charge is -2.41. The maximum atomic E-state index is 13.1. The zero-order chi connectivity index (χ0) is 22.6. The van der Waals surface area contributed by atoms with E-state index in [1.165, 1.54) is 6.26 Å². The lowest BCUT2D eigenvalue weighted by atomic mass is 9.90. The van der Waals surface area contributed by atoms with Crippen molar-refractivity contribution in [3.8, 4) is 11.1 Å². The molecule has 2 aromatic rings. The van der Waals surface area contributed by atoms with Crippen LogP contribution in [0.4, 0.5) is 4.79 Å². The zero-order valence-electron chi connectivity index (χ0n) is 18.6. The fraction of sp³-hybridized carbons (Fsp3) is 0.480. The molecular formula is C25H32N2O4S. The van der Waals surface area contributed by atoms with Gasteiger partial charge in [0.25, 0.3) is 0 Å². The van der Waals surface area contributed by atoms with Crippen LogP contribution >= 0.6 is 0 Å². The Morgan fingerprint density at radius 3 is 2.44 bits per heavy atom. The van der Waals surface area contributed by atoms with Gasteiger partial charge in [-0.3, -0.25) is 0 Å². The molecule has 0 aromatic heterocycles. The van der Waals surface area contributed by atoms with Gasteiger partial charge in [0.1, 0.15) is 6.10 Å². The largest absolute Gasteiger partial charge is 0.446 e. The SMILES string of the molecule is CS(=O)(=O)N[C@H]1CCCN(C(=O)OC2CCCC2)[C@H]1Cc1cccc(-c2ccccc2)c1. The second-order valence-electron chi connectivity index (χ2n) is 8.96. The number of carbonyl (C=O) groups is 1. The molecule has 1 saturated carbocycles. The number of carbonyl (C=O) groups excluding carboxylic acids is 1. The normalized spacial score (nSPS) is 22.1. The molecule has 0 unspecified atom stereocenters. The third-order valence-electron chi connectivity index (χ3n) is 6.43. The molecule has 172 valence electrons. The van der Waals surface area contributed by atoms with Crippen molar-refractivity contribution in [2.75, 3.05) is 12.8 Å². The Balaban J connectivity index is 1.58. The third-order valence-corrected chi connectivity index (χ3v) is 7.16. The van der Waals surface area contributed by atoms with Crippen molar-refractivity contribution in [3.05, 3.63) is 60.2 Å². The summed E-state index contributed by atoms with van der Waals surface area (Å²) in [6.45, 7) is 0.580. The number of piperidine rings is 1. The second kappa shape index (κ2) is 10.0. The molecule has 2 atom stereocenters. The van der Waals surface area contributed by atoms with Gasteiger partial charge >= 0.3 is 6.09 Å². The molecule has 1 saturated heterocycles. The molecule has 0 bridgehead atoms. The highest BCUT2D eigenvalue weighted by Crippen LogP contribution is 2.28. The minimum Gasteiger partial charge on any atom is -0.446 e. The van der Waals surface area contributed by atoms with Gasteiger partial charge in [0.15, 0.2) is 0 Å². The number of likely N-dealkylation sites (tertiary alicyclic amines) is 1. The smallest absolute Gasteiger partial charge is 0.410 e. The number of sulfonamides is 1. The Bertz CT molecular complexity index is 1020. The number of hydrogen-bond acceptors (Lipinski definition) is 4. The van der Waals surface area contributed by atoms with Gasteiger partial charge in [-0.2, -0.15) is 0 Å². The summed E-state index contributed by atoms with van der Waals surface area (Å²) in [5.41, 5.74) is 3.30. The quantitative estimate of drug-likeness (QED) is 0.701. The van der Waals surface area contributed by atoms with Gasteiger partial charge in [-0.25, -0.2) is 17.9 Å². The molecular weight excluding hydrogens is 424 g/mol. The molecule has 2 aromatic carbocycles. The maximum Gasteiger partial charge on any atom is 0.410 e. The number of amides is 1. The predicted molar refractivity (Wildman–Crippen MR) is 126 cm³/mol. The van der Waals surface area contributed by atoms with E-state index in [9.17, 15) is 13.2 Å². The van der Waals surface area contributed by atoms with E-state index >= 15 is 0 Å². The van der Waals surface area contributed by atoms with Crippen molar-refractivity contribution < 1.29 is 17.9 Å². The monoisotopic (exact) mass is 456 g/mol. The van der Waals surface area contributed by atoms with Crippen LogP contribution in [0, 0.1) is 0 Å². The molecule has 2 aliphatic rings. The topological polar surface area (TPSA) is 75.7 Å². The van der Waals surface area contributed by atoms with Crippen molar-refractivity contribution >= 4 is 16.1 Å². The van der Waals surface area contributed by atoms with Crippen LogP contribution in [0.5, 0.6) is 0 Å². The molecule has 1 heterocycles. The molecule has 4 rings (SSSR count). The molecule has 1 amide bonds. The van der Waals surface area contributed by atoms with Crippen LogP contribution in [0.3, 0.4) is 0 Å². The Morgan fingerprint density at radius 1 is 1.00 bits per heavy atom.